The van der Waals surface area contributed by atoms with E-state index in [0.29, 0.717) is 23.4 Å². The highest BCUT2D eigenvalue weighted by atomic mass is 35.5. The molecule has 2 rings (SSSR count). The Labute approximate surface area is 151 Å². The molecule has 25 heavy (non-hydrogen) atoms. The van der Waals surface area contributed by atoms with Gasteiger partial charge in [0.15, 0.2) is 5.78 Å². The lowest BCUT2D eigenvalue weighted by atomic mass is 9.90. The van der Waals surface area contributed by atoms with Crippen molar-refractivity contribution < 1.29 is 23.2 Å². The monoisotopic (exact) mass is 389 g/mol. The first kappa shape index (κ1) is 19.8. The van der Waals surface area contributed by atoms with E-state index in [0.717, 1.165) is 0 Å². The molecule has 8 nitrogen and oxygen atoms in total. The van der Waals surface area contributed by atoms with Crippen LogP contribution in [0.1, 0.15) is 30.1 Å². The molecule has 0 unspecified atom stereocenters. The highest BCUT2D eigenvalue weighted by Crippen LogP contribution is 2.24. The van der Waals surface area contributed by atoms with Crippen LogP contribution in [0.2, 0.25) is 5.02 Å². The summed E-state index contributed by atoms with van der Waals surface area (Å²) in [6.45, 7) is 1.67. The van der Waals surface area contributed by atoms with Crippen LogP contribution in [-0.2, 0) is 15.0 Å². The molecule has 0 radical (unpaired) electrons. The van der Waals surface area contributed by atoms with Gasteiger partial charge in [0.25, 0.3) is 16.1 Å². The number of hydrogen-bond acceptors (Lipinski definition) is 5. The molecular formula is C15H20ClN3O5S. The largest absolute Gasteiger partial charge is 0.294 e. The lowest BCUT2D eigenvalue weighted by Gasteiger charge is -2.31. The van der Waals surface area contributed by atoms with E-state index in [1.54, 1.807) is 24.3 Å². The number of carbonyl (C=O) groups excluding carboxylic acids is 2. The smallest absolute Gasteiger partial charge is 0.280 e. The average molecular weight is 390 g/mol. The zero-order valence-corrected chi connectivity index (χ0v) is 15.2. The summed E-state index contributed by atoms with van der Waals surface area (Å²) in [5.41, 5.74) is 1.95. The second-order valence-corrected chi connectivity index (χ2v) is 8.00. The maximum Gasteiger partial charge on any atom is 0.280 e. The van der Waals surface area contributed by atoms with Crippen LogP contribution in [0.15, 0.2) is 24.3 Å². The van der Waals surface area contributed by atoms with Gasteiger partial charge in [-0.2, -0.15) is 17.4 Å². The van der Waals surface area contributed by atoms with Crippen LogP contribution < -0.4 is 10.2 Å². The van der Waals surface area contributed by atoms with Crippen LogP contribution in [0.25, 0.3) is 0 Å². The van der Waals surface area contributed by atoms with E-state index in [2.05, 4.69) is 4.72 Å². The fraction of sp³-hybridized carbons (Fsp3) is 0.467. The molecule has 1 amide bonds. The number of hydroxylamine groups is 1. The molecule has 1 saturated heterocycles. The first-order valence-corrected chi connectivity index (χ1v) is 9.57. The lowest BCUT2D eigenvalue weighted by Crippen LogP contribution is -2.51. The number of amides is 1. The first-order chi connectivity index (χ1) is 11.7. The van der Waals surface area contributed by atoms with Gasteiger partial charge in [0, 0.05) is 29.6 Å². The van der Waals surface area contributed by atoms with Gasteiger partial charge in [0.05, 0.1) is 0 Å². The van der Waals surface area contributed by atoms with Gasteiger partial charge in [-0.05, 0) is 44.0 Å². The molecule has 138 valence electrons. The van der Waals surface area contributed by atoms with Gasteiger partial charge in [-0.15, -0.1) is 0 Å². The zero-order chi connectivity index (χ0) is 18.6. The number of halogens is 1. The van der Waals surface area contributed by atoms with Crippen molar-refractivity contribution in [3.8, 4) is 0 Å². The Morgan fingerprint density at radius 2 is 1.80 bits per heavy atom. The molecule has 0 spiro atoms. The number of benzene rings is 1. The van der Waals surface area contributed by atoms with Gasteiger partial charge in [0.1, 0.15) is 6.04 Å². The van der Waals surface area contributed by atoms with E-state index >= 15 is 0 Å². The summed E-state index contributed by atoms with van der Waals surface area (Å²) in [6.07, 6.45) is 0.784. The predicted molar refractivity (Wildman–Crippen MR) is 91.5 cm³/mol. The number of piperidine rings is 1. The van der Waals surface area contributed by atoms with Gasteiger partial charge < -0.3 is 0 Å². The van der Waals surface area contributed by atoms with E-state index in [1.165, 1.54) is 16.7 Å². The third kappa shape index (κ3) is 4.99. The molecule has 1 fully saturated rings. The summed E-state index contributed by atoms with van der Waals surface area (Å²) in [4.78, 5) is 23.7. The van der Waals surface area contributed by atoms with Crippen molar-refractivity contribution in [1.29, 1.82) is 0 Å². The molecule has 0 bridgehead atoms. The molecule has 1 aliphatic rings. The summed E-state index contributed by atoms with van der Waals surface area (Å²) in [5, 5.41) is 9.09. The number of nitrogens with one attached hydrogen (secondary N) is 2. The van der Waals surface area contributed by atoms with Crippen molar-refractivity contribution in [2.75, 3.05) is 13.1 Å². The highest BCUT2D eigenvalue weighted by Gasteiger charge is 2.33. The number of carbonyl (C=O) groups is 2. The van der Waals surface area contributed by atoms with E-state index in [9.17, 15) is 18.0 Å². The molecule has 1 heterocycles. The van der Waals surface area contributed by atoms with Crippen LogP contribution in [-0.4, -0.2) is 48.8 Å². The van der Waals surface area contributed by atoms with Gasteiger partial charge in [-0.25, -0.2) is 5.48 Å². The third-order valence-electron chi connectivity index (χ3n) is 4.12. The zero-order valence-electron chi connectivity index (χ0n) is 13.6. The van der Waals surface area contributed by atoms with Gasteiger partial charge in [-0.1, -0.05) is 11.6 Å². The van der Waals surface area contributed by atoms with Crippen LogP contribution in [0, 0.1) is 5.92 Å². The second kappa shape index (κ2) is 8.24. The lowest BCUT2D eigenvalue weighted by molar-refractivity contribution is -0.130. The van der Waals surface area contributed by atoms with E-state index in [4.69, 9.17) is 16.8 Å². The maximum absolute atomic E-state index is 12.5. The molecule has 0 aromatic heterocycles. The Morgan fingerprint density at radius 1 is 1.24 bits per heavy atom. The Kier molecular flexibility index (Phi) is 6.53. The Bertz CT molecular complexity index is 730. The van der Waals surface area contributed by atoms with Gasteiger partial charge in [-0.3, -0.25) is 14.8 Å². The normalized spacial score (nSPS) is 17.9. The fourth-order valence-electron chi connectivity index (χ4n) is 2.66. The number of nitrogens with zero attached hydrogens (tertiary/aromatic N) is 1. The number of ketones is 1. The number of Topliss-reactive ketones (excluding diaryl/α,β-unsaturated/α-hetero) is 1. The van der Waals surface area contributed by atoms with Gasteiger partial charge in [0.2, 0.25) is 0 Å². The van der Waals surface area contributed by atoms with Crippen LogP contribution in [0.5, 0.6) is 0 Å². The van der Waals surface area contributed by atoms with Crippen LogP contribution in [0.4, 0.5) is 0 Å². The molecule has 1 aromatic rings. The second-order valence-electron chi connectivity index (χ2n) is 5.87. The predicted octanol–water partition coefficient (Wildman–Crippen LogP) is 0.963. The Hall–Kier alpha value is -1.52. The maximum atomic E-state index is 12.5. The SMILES string of the molecule is C[C@H](NS(=O)(=O)N1CCC(C(=O)c2ccc(Cl)cc2)CC1)C(=O)NO. The summed E-state index contributed by atoms with van der Waals surface area (Å²) in [6, 6.07) is 5.50. The molecule has 1 aliphatic heterocycles. The fourth-order valence-corrected chi connectivity index (χ4v) is 4.18. The van der Waals surface area contributed by atoms with Gasteiger partial charge >= 0.3 is 0 Å². The number of hydrogen-bond donors (Lipinski definition) is 3. The van der Waals surface area contributed by atoms with Crippen molar-refractivity contribution in [2.24, 2.45) is 5.92 Å². The third-order valence-corrected chi connectivity index (χ3v) is 6.07. The Balaban J connectivity index is 1.95. The van der Waals surface area contributed by atoms with Crippen molar-refractivity contribution >= 4 is 33.5 Å². The van der Waals surface area contributed by atoms with E-state index < -0.39 is 22.2 Å². The molecular weight excluding hydrogens is 370 g/mol. The minimum Gasteiger partial charge on any atom is -0.294 e. The Morgan fingerprint density at radius 3 is 2.32 bits per heavy atom. The van der Waals surface area contributed by atoms with Crippen LogP contribution in [0.3, 0.4) is 0 Å². The molecule has 0 aliphatic carbocycles. The van der Waals surface area contributed by atoms with Crippen molar-refractivity contribution in [1.82, 2.24) is 14.5 Å². The van der Waals surface area contributed by atoms with Crippen molar-refractivity contribution in [3.63, 3.8) is 0 Å². The summed E-state index contributed by atoms with van der Waals surface area (Å²) >= 11 is 5.81. The minimum atomic E-state index is -3.87. The molecule has 3 N–H and O–H groups in total. The standard InChI is InChI=1S/C15H20ClN3O5S/c1-10(15(21)17-22)18-25(23,24)19-8-6-12(7-9-19)14(20)11-2-4-13(16)5-3-11/h2-5,10,12,18,22H,6-9H2,1H3,(H,17,21)/t10-/m0/s1. The summed E-state index contributed by atoms with van der Waals surface area (Å²) < 4.78 is 27.9. The topological polar surface area (TPSA) is 116 Å². The molecule has 1 aromatic carbocycles. The van der Waals surface area contributed by atoms with Crippen LogP contribution >= 0.6 is 11.6 Å². The van der Waals surface area contributed by atoms with E-state index in [1.807, 2.05) is 0 Å². The molecule has 0 saturated carbocycles. The first-order valence-electron chi connectivity index (χ1n) is 7.75. The molecule has 10 heteroatoms. The number of rotatable bonds is 6. The van der Waals surface area contributed by atoms with E-state index in [-0.39, 0.29) is 24.8 Å². The van der Waals surface area contributed by atoms with Crippen molar-refractivity contribution in [2.45, 2.75) is 25.8 Å². The minimum absolute atomic E-state index is 0.0327. The average Bonchev–Trinajstić information content (AvgIpc) is 2.60. The summed E-state index contributed by atoms with van der Waals surface area (Å²) in [5.74, 6) is -1.14. The molecule has 1 atom stereocenters. The quantitative estimate of drug-likeness (QED) is 0.381. The summed E-state index contributed by atoms with van der Waals surface area (Å²) in [7, 11) is -3.87. The van der Waals surface area contributed by atoms with Crippen molar-refractivity contribution in [3.05, 3.63) is 34.9 Å². The highest BCUT2D eigenvalue weighted by molar-refractivity contribution is 7.87.